The molecule has 0 fully saturated rings. The van der Waals surface area contributed by atoms with Crippen LogP contribution in [0.1, 0.15) is 75.0 Å². The minimum Gasteiger partial charge on any atom is -0.410 e. The van der Waals surface area contributed by atoms with Crippen molar-refractivity contribution in [3.05, 3.63) is 59.2 Å². The molecule has 0 atom stereocenters. The van der Waals surface area contributed by atoms with Crippen molar-refractivity contribution in [2.75, 3.05) is 5.32 Å². The molecule has 0 saturated carbocycles. The number of unbranched alkanes of at least 4 members (excludes halogenated alkanes) is 7. The molecule has 0 aliphatic rings. The number of rotatable bonds is 11. The number of amides is 1. The van der Waals surface area contributed by atoms with E-state index in [1.165, 1.54) is 44.9 Å². The molecular weight excluding hydrogens is 346 g/mol. The highest BCUT2D eigenvalue weighted by Gasteiger charge is 2.11. The second-order valence-corrected chi connectivity index (χ2v) is 7.59. The smallest absolute Gasteiger partial charge is 0.410 e. The Morgan fingerprint density at radius 3 is 2.29 bits per heavy atom. The lowest BCUT2D eigenvalue weighted by atomic mass is 10.0. The molecule has 0 aromatic heterocycles. The molecule has 3 heteroatoms. The van der Waals surface area contributed by atoms with E-state index < -0.39 is 6.09 Å². The molecule has 3 nitrogen and oxygen atoms in total. The maximum Gasteiger partial charge on any atom is 0.417 e. The molecule has 2 aromatic rings. The second-order valence-electron chi connectivity index (χ2n) is 7.59. The number of benzene rings is 2. The van der Waals surface area contributed by atoms with Crippen molar-refractivity contribution in [2.24, 2.45) is 0 Å². The Morgan fingerprint density at radius 1 is 0.857 bits per heavy atom. The van der Waals surface area contributed by atoms with Gasteiger partial charge in [0.2, 0.25) is 0 Å². The quantitative estimate of drug-likeness (QED) is 0.407. The fraction of sp³-hybridized carbons (Fsp3) is 0.480. The van der Waals surface area contributed by atoms with Gasteiger partial charge in [-0.15, -0.1) is 0 Å². The van der Waals surface area contributed by atoms with E-state index in [-0.39, 0.29) is 0 Å². The summed E-state index contributed by atoms with van der Waals surface area (Å²) < 4.78 is 5.62. The Balaban J connectivity index is 1.81. The fourth-order valence-corrected chi connectivity index (χ4v) is 3.38. The van der Waals surface area contributed by atoms with E-state index in [4.69, 9.17) is 4.74 Å². The van der Waals surface area contributed by atoms with Crippen LogP contribution in [0.2, 0.25) is 0 Å². The SMILES string of the molecule is CCCCCCCCCCc1ccccc1OC(=O)Nc1cccc(C)c1C. The summed E-state index contributed by atoms with van der Waals surface area (Å²) in [7, 11) is 0. The van der Waals surface area contributed by atoms with Gasteiger partial charge in [0.25, 0.3) is 0 Å². The normalized spacial score (nSPS) is 10.7. The van der Waals surface area contributed by atoms with E-state index in [9.17, 15) is 4.79 Å². The topological polar surface area (TPSA) is 38.3 Å². The summed E-state index contributed by atoms with van der Waals surface area (Å²) >= 11 is 0. The number of ether oxygens (including phenoxy) is 1. The minimum atomic E-state index is -0.433. The number of hydrogen-bond acceptors (Lipinski definition) is 2. The van der Waals surface area contributed by atoms with Gasteiger partial charge in [-0.3, -0.25) is 5.32 Å². The summed E-state index contributed by atoms with van der Waals surface area (Å²) in [4.78, 5) is 12.4. The summed E-state index contributed by atoms with van der Waals surface area (Å²) in [5, 5.41) is 2.87. The van der Waals surface area contributed by atoms with Gasteiger partial charge in [-0.2, -0.15) is 0 Å². The summed E-state index contributed by atoms with van der Waals surface area (Å²) in [5.41, 5.74) is 4.11. The Morgan fingerprint density at radius 2 is 1.54 bits per heavy atom. The van der Waals surface area contributed by atoms with Gasteiger partial charge < -0.3 is 4.74 Å². The van der Waals surface area contributed by atoms with Crippen LogP contribution >= 0.6 is 0 Å². The minimum absolute atomic E-state index is 0.433. The first-order chi connectivity index (χ1) is 13.6. The lowest BCUT2D eigenvalue weighted by Gasteiger charge is -2.13. The third kappa shape index (κ3) is 7.38. The summed E-state index contributed by atoms with van der Waals surface area (Å²) in [6.07, 6.45) is 10.9. The van der Waals surface area contributed by atoms with Crippen LogP contribution in [0.25, 0.3) is 0 Å². The van der Waals surface area contributed by atoms with E-state index in [1.54, 1.807) is 0 Å². The standard InChI is InChI=1S/C25H35NO2/c1-4-5-6-7-8-9-10-11-16-22-17-12-13-19-24(22)28-25(27)26-23-18-14-15-20(2)21(23)3/h12-15,17-19H,4-11,16H2,1-3H3,(H,26,27). The molecule has 1 amide bonds. The van der Waals surface area contributed by atoms with Crippen LogP contribution < -0.4 is 10.1 Å². The van der Waals surface area contributed by atoms with Crippen molar-refractivity contribution < 1.29 is 9.53 Å². The molecular formula is C25H35NO2. The average molecular weight is 382 g/mol. The zero-order valence-electron chi connectivity index (χ0n) is 17.7. The first-order valence-electron chi connectivity index (χ1n) is 10.7. The molecule has 0 heterocycles. The highest BCUT2D eigenvalue weighted by Crippen LogP contribution is 2.23. The first-order valence-corrected chi connectivity index (χ1v) is 10.7. The molecule has 1 N–H and O–H groups in total. The number of carbonyl (C=O) groups is 1. The molecule has 0 aliphatic carbocycles. The van der Waals surface area contributed by atoms with E-state index in [1.807, 2.05) is 50.2 Å². The van der Waals surface area contributed by atoms with Gasteiger partial charge in [0.15, 0.2) is 0 Å². The molecule has 2 aromatic carbocycles. The average Bonchev–Trinajstić information content (AvgIpc) is 2.69. The highest BCUT2D eigenvalue weighted by molar-refractivity contribution is 5.87. The molecule has 0 saturated heterocycles. The third-order valence-corrected chi connectivity index (χ3v) is 5.32. The molecule has 0 radical (unpaired) electrons. The maximum absolute atomic E-state index is 12.4. The van der Waals surface area contributed by atoms with E-state index in [2.05, 4.69) is 18.3 Å². The number of anilines is 1. The van der Waals surface area contributed by atoms with Gasteiger partial charge in [-0.25, -0.2) is 4.79 Å². The number of nitrogens with one attached hydrogen (secondary N) is 1. The van der Waals surface area contributed by atoms with Crippen LogP contribution in [0, 0.1) is 13.8 Å². The number of aryl methyl sites for hydroxylation is 2. The molecule has 152 valence electrons. The lowest BCUT2D eigenvalue weighted by Crippen LogP contribution is -2.18. The number of para-hydroxylation sites is 1. The monoisotopic (exact) mass is 381 g/mol. The second kappa shape index (κ2) is 12.2. The van der Waals surface area contributed by atoms with Crippen molar-refractivity contribution in [1.29, 1.82) is 0 Å². The van der Waals surface area contributed by atoms with Gasteiger partial charge in [0.1, 0.15) is 5.75 Å². The largest absolute Gasteiger partial charge is 0.417 e. The Labute approximate surface area is 170 Å². The molecule has 0 aliphatic heterocycles. The van der Waals surface area contributed by atoms with Crippen LogP contribution in [0.15, 0.2) is 42.5 Å². The van der Waals surface area contributed by atoms with Crippen LogP contribution in [0.4, 0.5) is 10.5 Å². The summed E-state index contributed by atoms with van der Waals surface area (Å²) in [5.74, 6) is 0.660. The van der Waals surface area contributed by atoms with Crippen LogP contribution in [0.3, 0.4) is 0 Å². The van der Waals surface area contributed by atoms with Crippen molar-refractivity contribution in [3.63, 3.8) is 0 Å². The maximum atomic E-state index is 12.4. The van der Waals surface area contributed by atoms with Crippen LogP contribution in [-0.2, 0) is 6.42 Å². The van der Waals surface area contributed by atoms with Gasteiger partial charge in [-0.1, -0.05) is 82.2 Å². The lowest BCUT2D eigenvalue weighted by molar-refractivity contribution is 0.214. The Bertz CT molecular complexity index is 739. The molecule has 0 spiro atoms. The summed E-state index contributed by atoms with van der Waals surface area (Å²) in [6.45, 7) is 6.29. The van der Waals surface area contributed by atoms with Crippen molar-refractivity contribution in [3.8, 4) is 5.75 Å². The Kier molecular flexibility index (Phi) is 9.61. The van der Waals surface area contributed by atoms with Gasteiger partial charge in [0, 0.05) is 5.69 Å². The summed E-state index contributed by atoms with van der Waals surface area (Å²) in [6, 6.07) is 13.7. The third-order valence-electron chi connectivity index (χ3n) is 5.32. The predicted octanol–water partition coefficient (Wildman–Crippen LogP) is 7.60. The van der Waals surface area contributed by atoms with Gasteiger partial charge in [-0.05, 0) is 55.5 Å². The fourth-order valence-electron chi connectivity index (χ4n) is 3.38. The molecule has 0 unspecified atom stereocenters. The van der Waals surface area contributed by atoms with Crippen molar-refractivity contribution >= 4 is 11.8 Å². The zero-order chi connectivity index (χ0) is 20.2. The zero-order valence-corrected chi connectivity index (χ0v) is 17.7. The van der Waals surface area contributed by atoms with Gasteiger partial charge >= 0.3 is 6.09 Å². The van der Waals surface area contributed by atoms with E-state index in [0.29, 0.717) is 5.75 Å². The van der Waals surface area contributed by atoms with E-state index in [0.717, 1.165) is 35.2 Å². The van der Waals surface area contributed by atoms with E-state index >= 15 is 0 Å². The number of hydrogen-bond donors (Lipinski definition) is 1. The highest BCUT2D eigenvalue weighted by atomic mass is 16.6. The Hall–Kier alpha value is -2.29. The molecule has 0 bridgehead atoms. The first kappa shape index (κ1) is 22.0. The van der Waals surface area contributed by atoms with Crippen LogP contribution in [0.5, 0.6) is 5.75 Å². The van der Waals surface area contributed by atoms with Crippen LogP contribution in [-0.4, -0.2) is 6.09 Å². The van der Waals surface area contributed by atoms with Gasteiger partial charge in [0.05, 0.1) is 0 Å². The molecule has 2 rings (SSSR count). The molecule has 28 heavy (non-hydrogen) atoms. The van der Waals surface area contributed by atoms with Crippen molar-refractivity contribution in [2.45, 2.75) is 78.6 Å². The predicted molar refractivity (Wildman–Crippen MR) is 118 cm³/mol. The van der Waals surface area contributed by atoms with Crippen molar-refractivity contribution in [1.82, 2.24) is 0 Å². The number of carbonyl (C=O) groups excluding carboxylic acids is 1.